The Balaban J connectivity index is 1.50. The molecule has 1 saturated heterocycles. The number of anilines is 2. The second kappa shape index (κ2) is 9.90. The zero-order valence-corrected chi connectivity index (χ0v) is 18.9. The van der Waals surface area contributed by atoms with Crippen molar-refractivity contribution < 1.29 is 22.4 Å². The van der Waals surface area contributed by atoms with Crippen LogP contribution in [0.2, 0.25) is 0 Å². The van der Waals surface area contributed by atoms with E-state index < -0.39 is 17.6 Å². The molecule has 0 atom stereocenters. The summed E-state index contributed by atoms with van der Waals surface area (Å²) in [5, 5.41) is 11.5. The molecule has 2 aromatic heterocycles. The quantitative estimate of drug-likeness (QED) is 0.464. The summed E-state index contributed by atoms with van der Waals surface area (Å²) in [5.74, 6) is 0.681. The molecule has 3 aromatic rings. The lowest BCUT2D eigenvalue weighted by atomic mass is 10.1. The maximum atomic E-state index is 13.3. The van der Waals surface area contributed by atoms with E-state index in [1.165, 1.54) is 17.8 Å². The van der Waals surface area contributed by atoms with Crippen molar-refractivity contribution in [2.24, 2.45) is 0 Å². The van der Waals surface area contributed by atoms with Crippen LogP contribution in [0.15, 0.2) is 46.2 Å². The number of rotatable bonds is 7. The van der Waals surface area contributed by atoms with Crippen molar-refractivity contribution in [3.8, 4) is 11.6 Å². The number of carbonyl (C=O) groups is 1. The first-order chi connectivity index (χ1) is 15.9. The molecule has 33 heavy (non-hydrogen) atoms. The topological polar surface area (TPSA) is 76.2 Å². The van der Waals surface area contributed by atoms with Gasteiger partial charge >= 0.3 is 6.18 Å². The summed E-state index contributed by atoms with van der Waals surface area (Å²) < 4.78 is 47.1. The summed E-state index contributed by atoms with van der Waals surface area (Å²) in [4.78, 5) is 14.7. The van der Waals surface area contributed by atoms with Crippen molar-refractivity contribution in [1.29, 1.82) is 0 Å². The second-order valence-electron chi connectivity index (χ2n) is 7.64. The van der Waals surface area contributed by atoms with Gasteiger partial charge in [-0.05, 0) is 56.5 Å². The first-order valence-corrected chi connectivity index (χ1v) is 11.7. The highest BCUT2D eigenvalue weighted by Crippen LogP contribution is 2.36. The minimum atomic E-state index is -4.49. The standard InChI is InChI=1S/C22H24F3N5O2S/c1-2-30-20(18-7-6-12-32-18)27-28-21(30)33-14-19(31)26-16-13-15(22(23,24)25)8-9-17(16)29-10-4-3-5-11-29/h6-9,12-13H,2-5,10-11,14H2,1H3,(H,26,31). The number of hydrogen-bond acceptors (Lipinski definition) is 6. The van der Waals surface area contributed by atoms with Crippen LogP contribution >= 0.6 is 11.8 Å². The van der Waals surface area contributed by atoms with Crippen LogP contribution in [0.3, 0.4) is 0 Å². The number of amides is 1. The largest absolute Gasteiger partial charge is 0.461 e. The number of halogens is 3. The minimum Gasteiger partial charge on any atom is -0.461 e. The molecular formula is C22H24F3N5O2S. The van der Waals surface area contributed by atoms with Crippen LogP contribution in [-0.2, 0) is 17.5 Å². The highest BCUT2D eigenvalue weighted by Gasteiger charge is 2.32. The molecule has 0 radical (unpaired) electrons. The summed E-state index contributed by atoms with van der Waals surface area (Å²) in [6, 6.07) is 7.04. The Labute approximate surface area is 193 Å². The lowest BCUT2D eigenvalue weighted by Gasteiger charge is -2.31. The first kappa shape index (κ1) is 23.2. The van der Waals surface area contributed by atoms with Gasteiger partial charge in [0.15, 0.2) is 16.7 Å². The average Bonchev–Trinajstić information content (AvgIpc) is 3.47. The SMILES string of the molecule is CCn1c(SCC(=O)Nc2cc(C(F)(F)F)ccc2N2CCCCC2)nnc1-c1ccco1. The molecule has 3 heterocycles. The number of benzene rings is 1. The molecule has 0 bridgehead atoms. The number of thioether (sulfide) groups is 1. The minimum absolute atomic E-state index is 0.0219. The molecule has 1 amide bonds. The molecule has 1 aliphatic rings. The average molecular weight is 480 g/mol. The summed E-state index contributed by atoms with van der Waals surface area (Å²) in [5.41, 5.74) is -0.0107. The van der Waals surface area contributed by atoms with Crippen molar-refractivity contribution in [1.82, 2.24) is 14.8 Å². The third-order valence-corrected chi connectivity index (χ3v) is 6.37. The number of nitrogens with one attached hydrogen (secondary N) is 1. The van der Waals surface area contributed by atoms with E-state index in [0.29, 0.717) is 29.0 Å². The Bertz CT molecular complexity index is 1090. The van der Waals surface area contributed by atoms with Gasteiger partial charge in [0.25, 0.3) is 0 Å². The number of alkyl halides is 3. The lowest BCUT2D eigenvalue weighted by molar-refractivity contribution is -0.137. The van der Waals surface area contributed by atoms with Gasteiger partial charge in [-0.3, -0.25) is 9.36 Å². The Morgan fingerprint density at radius 1 is 1.18 bits per heavy atom. The second-order valence-corrected chi connectivity index (χ2v) is 8.58. The van der Waals surface area contributed by atoms with Crippen LogP contribution in [0, 0.1) is 0 Å². The Morgan fingerprint density at radius 2 is 1.97 bits per heavy atom. The molecule has 0 unspecified atom stereocenters. The highest BCUT2D eigenvalue weighted by atomic mass is 32.2. The van der Waals surface area contributed by atoms with E-state index in [1.807, 2.05) is 16.4 Å². The molecule has 0 aliphatic carbocycles. The highest BCUT2D eigenvalue weighted by molar-refractivity contribution is 7.99. The monoisotopic (exact) mass is 479 g/mol. The molecule has 1 N–H and O–H groups in total. The predicted octanol–water partition coefficient (Wildman–Crippen LogP) is 5.30. The van der Waals surface area contributed by atoms with Gasteiger partial charge in [-0.15, -0.1) is 10.2 Å². The third kappa shape index (κ3) is 5.35. The number of hydrogen-bond donors (Lipinski definition) is 1. The molecule has 1 aromatic carbocycles. The van der Waals surface area contributed by atoms with E-state index in [4.69, 9.17) is 4.42 Å². The summed E-state index contributed by atoms with van der Waals surface area (Å²) in [7, 11) is 0. The van der Waals surface area contributed by atoms with Crippen molar-refractivity contribution in [3.63, 3.8) is 0 Å². The Hall–Kier alpha value is -2.95. The van der Waals surface area contributed by atoms with E-state index in [1.54, 1.807) is 18.4 Å². The fourth-order valence-electron chi connectivity index (χ4n) is 3.81. The molecule has 11 heteroatoms. The van der Waals surface area contributed by atoms with Gasteiger partial charge in [0, 0.05) is 19.6 Å². The van der Waals surface area contributed by atoms with Gasteiger partial charge in [0.1, 0.15) is 0 Å². The molecule has 0 spiro atoms. The number of carbonyl (C=O) groups excluding carboxylic acids is 1. The van der Waals surface area contributed by atoms with Gasteiger partial charge in [-0.2, -0.15) is 13.2 Å². The van der Waals surface area contributed by atoms with Gasteiger partial charge in [-0.1, -0.05) is 11.8 Å². The Morgan fingerprint density at radius 3 is 2.64 bits per heavy atom. The van der Waals surface area contributed by atoms with E-state index in [2.05, 4.69) is 15.5 Å². The summed E-state index contributed by atoms with van der Waals surface area (Å²) in [6.07, 6.45) is 0.0746. The number of piperidine rings is 1. The molecule has 7 nitrogen and oxygen atoms in total. The van der Waals surface area contributed by atoms with Crippen molar-refractivity contribution >= 4 is 29.0 Å². The van der Waals surface area contributed by atoms with Crippen LogP contribution in [0.1, 0.15) is 31.7 Å². The van der Waals surface area contributed by atoms with E-state index in [0.717, 1.165) is 44.5 Å². The first-order valence-electron chi connectivity index (χ1n) is 10.7. The van der Waals surface area contributed by atoms with Gasteiger partial charge in [0.2, 0.25) is 5.91 Å². The van der Waals surface area contributed by atoms with Crippen molar-refractivity contribution in [2.45, 2.75) is 44.1 Å². The van der Waals surface area contributed by atoms with Gasteiger partial charge < -0.3 is 14.6 Å². The van der Waals surface area contributed by atoms with E-state index in [9.17, 15) is 18.0 Å². The number of aromatic nitrogens is 3. The normalized spacial score (nSPS) is 14.5. The maximum Gasteiger partial charge on any atom is 0.416 e. The third-order valence-electron chi connectivity index (χ3n) is 5.40. The molecule has 176 valence electrons. The van der Waals surface area contributed by atoms with Crippen LogP contribution in [-0.4, -0.2) is 39.5 Å². The fraction of sp³-hybridized carbons (Fsp3) is 0.409. The summed E-state index contributed by atoms with van der Waals surface area (Å²) >= 11 is 1.17. The Kier molecular flexibility index (Phi) is 6.96. The van der Waals surface area contributed by atoms with E-state index >= 15 is 0 Å². The van der Waals surface area contributed by atoms with Crippen molar-refractivity contribution in [2.75, 3.05) is 29.1 Å². The van der Waals surface area contributed by atoms with E-state index in [-0.39, 0.29) is 11.4 Å². The zero-order chi connectivity index (χ0) is 23.4. The zero-order valence-electron chi connectivity index (χ0n) is 18.1. The number of furan rings is 1. The van der Waals surface area contributed by atoms with Crippen LogP contribution in [0.5, 0.6) is 0 Å². The van der Waals surface area contributed by atoms with Gasteiger partial charge in [0.05, 0.1) is 29.0 Å². The van der Waals surface area contributed by atoms with Crippen molar-refractivity contribution in [3.05, 3.63) is 42.2 Å². The molecular weight excluding hydrogens is 455 g/mol. The molecule has 1 aliphatic heterocycles. The predicted molar refractivity (Wildman–Crippen MR) is 120 cm³/mol. The summed E-state index contributed by atoms with van der Waals surface area (Å²) in [6.45, 7) is 3.99. The lowest BCUT2D eigenvalue weighted by Crippen LogP contribution is -2.30. The van der Waals surface area contributed by atoms with Gasteiger partial charge in [-0.25, -0.2) is 0 Å². The maximum absolute atomic E-state index is 13.3. The van der Waals surface area contributed by atoms with Crippen LogP contribution in [0.4, 0.5) is 24.5 Å². The van der Waals surface area contributed by atoms with Crippen LogP contribution in [0.25, 0.3) is 11.6 Å². The molecule has 4 rings (SSSR count). The van der Waals surface area contributed by atoms with Crippen LogP contribution < -0.4 is 10.2 Å². The molecule has 1 fully saturated rings. The molecule has 0 saturated carbocycles. The fourth-order valence-corrected chi connectivity index (χ4v) is 4.61. The number of nitrogens with zero attached hydrogens (tertiary/aromatic N) is 4. The smallest absolute Gasteiger partial charge is 0.416 e.